The Bertz CT molecular complexity index is 785. The number of piperidine rings is 1. The van der Waals surface area contributed by atoms with Crippen molar-refractivity contribution in [1.82, 2.24) is 24.7 Å². The maximum atomic E-state index is 13.2. The van der Waals surface area contributed by atoms with Crippen LogP contribution in [0.2, 0.25) is 0 Å². The quantitative estimate of drug-likeness (QED) is 0.776. The van der Waals surface area contributed by atoms with E-state index in [9.17, 15) is 9.59 Å². The number of carbonyl (C=O) groups excluding carboxylic acids is 2. The molecule has 158 valence electrons. The number of aryl methyl sites for hydroxylation is 1. The van der Waals surface area contributed by atoms with E-state index in [0.717, 1.165) is 64.1 Å². The highest BCUT2D eigenvalue weighted by atomic mass is 16.2. The topological polar surface area (TPSA) is 69.6 Å². The Hall–Kier alpha value is -2.02. The van der Waals surface area contributed by atoms with Gasteiger partial charge in [-0.25, -0.2) is 4.98 Å². The van der Waals surface area contributed by atoms with Crippen molar-refractivity contribution in [1.29, 1.82) is 0 Å². The zero-order valence-electron chi connectivity index (χ0n) is 18.1. The highest BCUT2D eigenvalue weighted by molar-refractivity contribution is 5.92. The van der Waals surface area contributed by atoms with Gasteiger partial charge in [0.05, 0.1) is 17.3 Å². The van der Waals surface area contributed by atoms with Crippen molar-refractivity contribution < 1.29 is 9.59 Å². The second-order valence-corrected chi connectivity index (χ2v) is 9.43. The van der Waals surface area contributed by atoms with Crippen LogP contribution in [0.5, 0.6) is 0 Å². The summed E-state index contributed by atoms with van der Waals surface area (Å²) >= 11 is 0. The summed E-state index contributed by atoms with van der Waals surface area (Å²) in [7, 11) is 3.77. The van der Waals surface area contributed by atoms with Crippen LogP contribution in [0.1, 0.15) is 48.8 Å². The van der Waals surface area contributed by atoms with Gasteiger partial charge in [-0.2, -0.15) is 0 Å². The third-order valence-electron chi connectivity index (χ3n) is 7.75. The number of fused-ring (bicyclic) bond motifs is 2. The molecule has 2 atom stereocenters. The van der Waals surface area contributed by atoms with E-state index in [2.05, 4.69) is 21.8 Å². The smallest absolute Gasteiger partial charge is 0.274 e. The highest BCUT2D eigenvalue weighted by Crippen LogP contribution is 2.62. The van der Waals surface area contributed by atoms with Gasteiger partial charge in [0, 0.05) is 46.5 Å². The van der Waals surface area contributed by atoms with Gasteiger partial charge in [-0.15, -0.1) is 0 Å². The standard InChI is InChI=1S/C22H33N5O2/c1-5-26-14-18-21(6-7-22(18,15-26)20(29)25(3)4)8-10-27(11-9-21)19(28)17-13-23-16(2)12-24-17/h12-13,18H,5-11,14-15H2,1-4H3/t18-,22+/m1/s1. The zero-order chi connectivity index (χ0) is 20.8. The van der Waals surface area contributed by atoms with Crippen LogP contribution >= 0.6 is 0 Å². The molecule has 1 saturated carbocycles. The lowest BCUT2D eigenvalue weighted by atomic mass is 9.65. The molecule has 0 radical (unpaired) electrons. The second-order valence-electron chi connectivity index (χ2n) is 9.43. The minimum absolute atomic E-state index is 0.0254. The van der Waals surface area contributed by atoms with Gasteiger partial charge in [0.1, 0.15) is 5.69 Å². The molecule has 3 aliphatic rings. The molecule has 1 spiro atoms. The molecule has 7 heteroatoms. The number of nitrogens with zero attached hydrogens (tertiary/aromatic N) is 5. The molecule has 2 amide bonds. The van der Waals surface area contributed by atoms with Crippen LogP contribution in [0.25, 0.3) is 0 Å². The van der Waals surface area contributed by atoms with Crippen molar-refractivity contribution in [2.45, 2.75) is 39.5 Å². The molecule has 4 rings (SSSR count). The number of likely N-dealkylation sites (tertiary alicyclic amines) is 2. The Morgan fingerprint density at radius 2 is 1.86 bits per heavy atom. The summed E-state index contributed by atoms with van der Waals surface area (Å²) < 4.78 is 0. The first-order valence-electron chi connectivity index (χ1n) is 10.8. The second kappa shape index (κ2) is 7.35. The maximum absolute atomic E-state index is 13.2. The van der Waals surface area contributed by atoms with E-state index in [1.807, 2.05) is 25.9 Å². The molecule has 0 unspecified atom stereocenters. The first-order valence-corrected chi connectivity index (χ1v) is 10.8. The van der Waals surface area contributed by atoms with Gasteiger partial charge < -0.3 is 14.7 Å². The SMILES string of the molecule is CCN1C[C@@H]2C3(CCN(C(=O)c4cnc(C)cn4)CC3)CC[C@]2(C(=O)N(C)C)C1. The van der Waals surface area contributed by atoms with Gasteiger partial charge in [0.2, 0.25) is 5.91 Å². The van der Waals surface area contributed by atoms with E-state index in [0.29, 0.717) is 17.5 Å². The number of rotatable bonds is 3. The van der Waals surface area contributed by atoms with Crippen LogP contribution in [-0.2, 0) is 4.79 Å². The first kappa shape index (κ1) is 20.3. The van der Waals surface area contributed by atoms with Gasteiger partial charge in [0.15, 0.2) is 0 Å². The molecule has 2 saturated heterocycles. The van der Waals surface area contributed by atoms with Gasteiger partial charge in [-0.3, -0.25) is 14.6 Å². The Kier molecular flexibility index (Phi) is 5.13. The van der Waals surface area contributed by atoms with E-state index in [1.165, 1.54) is 0 Å². The Balaban J connectivity index is 1.51. The Morgan fingerprint density at radius 3 is 2.45 bits per heavy atom. The maximum Gasteiger partial charge on any atom is 0.274 e. The third-order valence-corrected chi connectivity index (χ3v) is 7.75. The van der Waals surface area contributed by atoms with E-state index in [1.54, 1.807) is 17.3 Å². The van der Waals surface area contributed by atoms with Gasteiger partial charge in [0.25, 0.3) is 5.91 Å². The van der Waals surface area contributed by atoms with E-state index in [-0.39, 0.29) is 16.7 Å². The first-order chi connectivity index (χ1) is 13.8. The summed E-state index contributed by atoms with van der Waals surface area (Å²) in [6.07, 6.45) is 7.25. The van der Waals surface area contributed by atoms with Gasteiger partial charge in [-0.05, 0) is 50.5 Å². The predicted molar refractivity (Wildman–Crippen MR) is 110 cm³/mol. The molecule has 29 heavy (non-hydrogen) atoms. The molecule has 1 aromatic rings. The summed E-state index contributed by atoms with van der Waals surface area (Å²) in [6.45, 7) is 8.42. The molecule has 1 aliphatic carbocycles. The molecule has 7 nitrogen and oxygen atoms in total. The van der Waals surface area contributed by atoms with Crippen LogP contribution in [0, 0.1) is 23.7 Å². The monoisotopic (exact) mass is 399 g/mol. The van der Waals surface area contributed by atoms with E-state index >= 15 is 0 Å². The van der Waals surface area contributed by atoms with Crippen molar-refractivity contribution in [2.24, 2.45) is 16.7 Å². The molecule has 0 aromatic carbocycles. The number of hydrogen-bond acceptors (Lipinski definition) is 5. The lowest BCUT2D eigenvalue weighted by Gasteiger charge is -2.44. The number of hydrogen-bond donors (Lipinski definition) is 0. The van der Waals surface area contributed by atoms with Crippen molar-refractivity contribution in [3.8, 4) is 0 Å². The lowest BCUT2D eigenvalue weighted by molar-refractivity contribution is -0.141. The largest absolute Gasteiger partial charge is 0.348 e. The van der Waals surface area contributed by atoms with Gasteiger partial charge >= 0.3 is 0 Å². The molecule has 1 aromatic heterocycles. The number of carbonyl (C=O) groups is 2. The molecular weight excluding hydrogens is 366 g/mol. The fourth-order valence-electron chi connectivity index (χ4n) is 6.11. The van der Waals surface area contributed by atoms with Crippen LogP contribution in [-0.4, -0.2) is 83.3 Å². The summed E-state index contributed by atoms with van der Waals surface area (Å²) in [4.78, 5) is 40.7. The summed E-state index contributed by atoms with van der Waals surface area (Å²) in [5.74, 6) is 0.660. The van der Waals surface area contributed by atoms with Crippen molar-refractivity contribution in [2.75, 3.05) is 46.8 Å². The van der Waals surface area contributed by atoms with Crippen LogP contribution < -0.4 is 0 Å². The van der Waals surface area contributed by atoms with E-state index < -0.39 is 0 Å². The molecule has 2 aliphatic heterocycles. The fraction of sp³-hybridized carbons (Fsp3) is 0.727. The van der Waals surface area contributed by atoms with Crippen LogP contribution in [0.3, 0.4) is 0 Å². The average Bonchev–Trinajstić information content (AvgIpc) is 3.25. The van der Waals surface area contributed by atoms with Crippen molar-refractivity contribution in [3.63, 3.8) is 0 Å². The Morgan fingerprint density at radius 1 is 1.14 bits per heavy atom. The van der Waals surface area contributed by atoms with Crippen LogP contribution in [0.4, 0.5) is 0 Å². The van der Waals surface area contributed by atoms with E-state index in [4.69, 9.17) is 0 Å². The zero-order valence-corrected chi connectivity index (χ0v) is 18.1. The van der Waals surface area contributed by atoms with Crippen molar-refractivity contribution in [3.05, 3.63) is 23.8 Å². The Labute approximate surface area is 173 Å². The summed E-state index contributed by atoms with van der Waals surface area (Å²) in [5.41, 5.74) is 1.17. The minimum Gasteiger partial charge on any atom is -0.348 e. The minimum atomic E-state index is -0.242. The molecule has 0 bridgehead atoms. The molecule has 0 N–H and O–H groups in total. The third kappa shape index (κ3) is 3.23. The van der Waals surface area contributed by atoms with Gasteiger partial charge in [-0.1, -0.05) is 6.92 Å². The molecular formula is C22H33N5O2. The molecule has 3 fully saturated rings. The fourth-order valence-corrected chi connectivity index (χ4v) is 6.11. The predicted octanol–water partition coefficient (Wildman–Crippen LogP) is 1.83. The molecule has 3 heterocycles. The number of amides is 2. The number of aromatic nitrogens is 2. The normalized spacial score (nSPS) is 28.6. The summed E-state index contributed by atoms with van der Waals surface area (Å²) in [5, 5.41) is 0. The average molecular weight is 400 g/mol. The lowest BCUT2D eigenvalue weighted by Crippen LogP contribution is -2.49. The van der Waals surface area contributed by atoms with Crippen LogP contribution in [0.15, 0.2) is 12.4 Å². The highest BCUT2D eigenvalue weighted by Gasteiger charge is 2.64. The van der Waals surface area contributed by atoms with Crippen molar-refractivity contribution >= 4 is 11.8 Å². The summed E-state index contributed by atoms with van der Waals surface area (Å²) in [6, 6.07) is 0.